The van der Waals surface area contributed by atoms with Crippen LogP contribution in [0.4, 0.5) is 16.2 Å². The Morgan fingerprint density at radius 1 is 1.44 bits per heavy atom. The molecule has 4 N–H and O–H groups in total. The lowest BCUT2D eigenvalue weighted by molar-refractivity contribution is 0.210. The van der Waals surface area contributed by atoms with Gasteiger partial charge in [0, 0.05) is 24.5 Å². The van der Waals surface area contributed by atoms with Gasteiger partial charge in [0.2, 0.25) is 0 Å². The Morgan fingerprint density at radius 2 is 2.12 bits per heavy atom. The zero-order valence-electron chi connectivity index (χ0n) is 8.53. The Morgan fingerprint density at radius 3 is 2.62 bits per heavy atom. The van der Waals surface area contributed by atoms with Gasteiger partial charge < -0.3 is 15.3 Å². The van der Waals surface area contributed by atoms with Crippen molar-refractivity contribution in [2.24, 2.45) is 0 Å². The zero-order chi connectivity index (χ0) is 11.5. The first-order valence-corrected chi connectivity index (χ1v) is 4.87. The van der Waals surface area contributed by atoms with Gasteiger partial charge in [-0.1, -0.05) is 0 Å². The van der Waals surface area contributed by atoms with Crippen LogP contribution in [0.15, 0.2) is 24.3 Å². The van der Waals surface area contributed by atoms with E-state index in [4.69, 9.17) is 10.5 Å². The van der Waals surface area contributed by atoms with Crippen LogP contribution < -0.4 is 15.5 Å². The topological polar surface area (TPSA) is 88.5 Å². The number of rotatable bonds is 2. The standard InChI is InChI=1S/C10H12N4O2/c11-9-12-5-6-14(9)8-3-1-7(2-4-8)13-10(15)16/h1-4,13H,5-6H2,(H2,11,12)(H,15,16). The largest absolute Gasteiger partial charge is 0.465 e. The Balaban J connectivity index is 2.12. The Kier molecular flexibility index (Phi) is 2.63. The summed E-state index contributed by atoms with van der Waals surface area (Å²) in [6, 6.07) is 6.92. The van der Waals surface area contributed by atoms with Gasteiger partial charge in [0.1, 0.15) is 0 Å². The molecule has 0 unspecified atom stereocenters. The van der Waals surface area contributed by atoms with E-state index in [1.54, 1.807) is 24.3 Å². The number of benzene rings is 1. The van der Waals surface area contributed by atoms with Crippen LogP contribution in [0.5, 0.6) is 0 Å². The number of nitrogens with one attached hydrogen (secondary N) is 3. The van der Waals surface area contributed by atoms with Crippen LogP contribution in [0.3, 0.4) is 0 Å². The average Bonchev–Trinajstić information content (AvgIpc) is 2.65. The smallest absolute Gasteiger partial charge is 0.409 e. The predicted octanol–water partition coefficient (Wildman–Crippen LogP) is 1.12. The van der Waals surface area contributed by atoms with E-state index >= 15 is 0 Å². The van der Waals surface area contributed by atoms with E-state index in [-0.39, 0.29) is 0 Å². The summed E-state index contributed by atoms with van der Waals surface area (Å²) in [5.41, 5.74) is 1.40. The number of carboxylic acid groups (broad SMARTS) is 1. The van der Waals surface area contributed by atoms with Crippen LogP contribution in [0, 0.1) is 5.41 Å². The van der Waals surface area contributed by atoms with E-state index in [9.17, 15) is 4.79 Å². The van der Waals surface area contributed by atoms with Gasteiger partial charge in [-0.15, -0.1) is 0 Å². The molecule has 0 saturated carbocycles. The highest BCUT2D eigenvalue weighted by molar-refractivity contribution is 5.96. The SMILES string of the molecule is N=C1NCCN1c1ccc(NC(=O)O)cc1. The first-order chi connectivity index (χ1) is 7.66. The first-order valence-electron chi connectivity index (χ1n) is 4.87. The molecule has 6 nitrogen and oxygen atoms in total. The first kappa shape index (κ1) is 10.3. The van der Waals surface area contributed by atoms with Crippen molar-refractivity contribution in [3.05, 3.63) is 24.3 Å². The number of hydrogen-bond donors (Lipinski definition) is 4. The molecule has 1 aliphatic heterocycles. The molecule has 84 valence electrons. The minimum absolute atomic E-state index is 0.374. The van der Waals surface area contributed by atoms with Crippen molar-refractivity contribution in [2.45, 2.75) is 0 Å². The Labute approximate surface area is 92.4 Å². The molecule has 1 amide bonds. The van der Waals surface area contributed by atoms with E-state index in [2.05, 4.69) is 10.6 Å². The number of anilines is 2. The summed E-state index contributed by atoms with van der Waals surface area (Å²) in [6.07, 6.45) is -1.08. The molecule has 1 fully saturated rings. The summed E-state index contributed by atoms with van der Waals surface area (Å²) >= 11 is 0. The van der Waals surface area contributed by atoms with Gasteiger partial charge in [-0.25, -0.2) is 4.79 Å². The third kappa shape index (κ3) is 2.05. The number of guanidine groups is 1. The maximum atomic E-state index is 10.4. The normalized spacial score (nSPS) is 14.8. The summed E-state index contributed by atoms with van der Waals surface area (Å²) in [5.74, 6) is 0.374. The molecule has 0 bridgehead atoms. The lowest BCUT2D eigenvalue weighted by Crippen LogP contribution is -2.28. The molecule has 0 aliphatic carbocycles. The average molecular weight is 220 g/mol. The van der Waals surface area contributed by atoms with Crippen LogP contribution in [-0.2, 0) is 0 Å². The second-order valence-corrected chi connectivity index (χ2v) is 3.40. The van der Waals surface area contributed by atoms with Gasteiger partial charge in [0.25, 0.3) is 0 Å². The number of hydrogen-bond acceptors (Lipinski definition) is 2. The van der Waals surface area contributed by atoms with Crippen LogP contribution in [0.1, 0.15) is 0 Å². The van der Waals surface area contributed by atoms with E-state index in [0.29, 0.717) is 11.6 Å². The number of amides is 1. The number of nitrogens with zero attached hydrogens (tertiary/aromatic N) is 1. The molecule has 0 atom stereocenters. The highest BCUT2D eigenvalue weighted by atomic mass is 16.4. The molecule has 0 spiro atoms. The van der Waals surface area contributed by atoms with Crippen molar-refractivity contribution in [3.63, 3.8) is 0 Å². The fourth-order valence-electron chi connectivity index (χ4n) is 1.60. The lowest BCUT2D eigenvalue weighted by Gasteiger charge is -2.16. The highest BCUT2D eigenvalue weighted by Gasteiger charge is 2.17. The second kappa shape index (κ2) is 4.09. The van der Waals surface area contributed by atoms with Crippen molar-refractivity contribution in [2.75, 3.05) is 23.3 Å². The Hall–Kier alpha value is -2.24. The third-order valence-electron chi connectivity index (χ3n) is 2.33. The molecule has 1 heterocycles. The predicted molar refractivity (Wildman–Crippen MR) is 61.2 cm³/mol. The fourth-order valence-corrected chi connectivity index (χ4v) is 1.60. The summed E-state index contributed by atoms with van der Waals surface area (Å²) in [4.78, 5) is 12.2. The Bertz CT molecular complexity index is 415. The van der Waals surface area contributed by atoms with Crippen molar-refractivity contribution >= 4 is 23.4 Å². The van der Waals surface area contributed by atoms with Crippen LogP contribution >= 0.6 is 0 Å². The highest BCUT2D eigenvalue weighted by Crippen LogP contribution is 2.18. The van der Waals surface area contributed by atoms with E-state index < -0.39 is 6.09 Å². The van der Waals surface area contributed by atoms with Crippen molar-refractivity contribution in [3.8, 4) is 0 Å². The van der Waals surface area contributed by atoms with E-state index in [0.717, 1.165) is 18.8 Å². The molecular weight excluding hydrogens is 208 g/mol. The van der Waals surface area contributed by atoms with Crippen LogP contribution in [-0.4, -0.2) is 30.2 Å². The number of carbonyl (C=O) groups is 1. The molecule has 1 aromatic rings. The van der Waals surface area contributed by atoms with Gasteiger partial charge in [-0.3, -0.25) is 10.7 Å². The zero-order valence-corrected chi connectivity index (χ0v) is 8.53. The fraction of sp³-hybridized carbons (Fsp3) is 0.200. The molecule has 6 heteroatoms. The van der Waals surface area contributed by atoms with Gasteiger partial charge in [0.15, 0.2) is 5.96 Å². The molecule has 0 aromatic heterocycles. The molecule has 1 saturated heterocycles. The molecule has 1 aromatic carbocycles. The molecule has 1 aliphatic rings. The molecular formula is C10H12N4O2. The van der Waals surface area contributed by atoms with Crippen molar-refractivity contribution in [1.29, 1.82) is 5.41 Å². The molecule has 2 rings (SSSR count). The quantitative estimate of drug-likeness (QED) is 0.601. The van der Waals surface area contributed by atoms with Crippen molar-refractivity contribution in [1.82, 2.24) is 5.32 Å². The molecule has 0 radical (unpaired) electrons. The third-order valence-corrected chi connectivity index (χ3v) is 2.33. The summed E-state index contributed by atoms with van der Waals surface area (Å²) in [5, 5.41) is 21.3. The van der Waals surface area contributed by atoms with Crippen LogP contribution in [0.2, 0.25) is 0 Å². The van der Waals surface area contributed by atoms with Gasteiger partial charge in [-0.2, -0.15) is 0 Å². The molecule has 16 heavy (non-hydrogen) atoms. The summed E-state index contributed by atoms with van der Waals surface area (Å²) in [6.45, 7) is 1.51. The maximum Gasteiger partial charge on any atom is 0.409 e. The van der Waals surface area contributed by atoms with Crippen LogP contribution in [0.25, 0.3) is 0 Å². The lowest BCUT2D eigenvalue weighted by atomic mass is 10.2. The summed E-state index contributed by atoms with van der Waals surface area (Å²) < 4.78 is 0. The monoisotopic (exact) mass is 220 g/mol. The second-order valence-electron chi connectivity index (χ2n) is 3.40. The van der Waals surface area contributed by atoms with E-state index in [1.165, 1.54) is 0 Å². The minimum Gasteiger partial charge on any atom is -0.465 e. The van der Waals surface area contributed by atoms with Gasteiger partial charge in [-0.05, 0) is 24.3 Å². The van der Waals surface area contributed by atoms with Crippen molar-refractivity contribution < 1.29 is 9.90 Å². The van der Waals surface area contributed by atoms with E-state index in [1.807, 2.05) is 4.90 Å². The maximum absolute atomic E-state index is 10.4. The van der Waals surface area contributed by atoms with Gasteiger partial charge >= 0.3 is 6.09 Å². The summed E-state index contributed by atoms with van der Waals surface area (Å²) in [7, 11) is 0. The van der Waals surface area contributed by atoms with Gasteiger partial charge in [0.05, 0.1) is 0 Å². The minimum atomic E-state index is -1.08.